The first-order valence-corrected chi connectivity index (χ1v) is 5.62. The van der Waals surface area contributed by atoms with E-state index >= 15 is 0 Å². The monoisotopic (exact) mass is 208 g/mol. The molecular weight excluding hydrogens is 191 g/mol. The largest absolute Gasteiger partial charge is 0.347 e. The van der Waals surface area contributed by atoms with Gasteiger partial charge in [0, 0.05) is 14.1 Å². The van der Waals surface area contributed by atoms with E-state index in [1.165, 1.54) is 6.42 Å². The Balaban J connectivity index is 2.20. The van der Waals surface area contributed by atoms with Gasteiger partial charge in [0.1, 0.15) is 0 Å². The van der Waals surface area contributed by atoms with Gasteiger partial charge in [0.05, 0.1) is 19.9 Å². The van der Waals surface area contributed by atoms with Crippen molar-refractivity contribution in [3.63, 3.8) is 0 Å². The molecule has 1 saturated heterocycles. The number of hydrogen-bond donors (Lipinski definition) is 0. The smallest absolute Gasteiger partial charge is 0.171 e. The molecule has 2 rings (SSSR count). The first kappa shape index (κ1) is 10.3. The summed E-state index contributed by atoms with van der Waals surface area (Å²) in [5.41, 5.74) is 0. The zero-order valence-corrected chi connectivity index (χ0v) is 9.97. The molecule has 0 amide bonds. The number of thiocarbonyl (C=S) groups is 1. The summed E-state index contributed by atoms with van der Waals surface area (Å²) in [5.74, 6) is 0. The van der Waals surface area contributed by atoms with E-state index in [9.17, 15) is 0 Å². The molecule has 3 unspecified atom stereocenters. The summed E-state index contributed by atoms with van der Waals surface area (Å²) in [6.07, 6.45) is 3.33. The first-order valence-electron chi connectivity index (χ1n) is 5.21. The second-order valence-electron chi connectivity index (χ2n) is 5.04. The molecular formula is C10H17BN2S. The third kappa shape index (κ3) is 1.44. The third-order valence-electron chi connectivity index (χ3n) is 3.73. The van der Waals surface area contributed by atoms with Gasteiger partial charge in [0.15, 0.2) is 5.11 Å². The number of hydrogen-bond acceptors (Lipinski definition) is 1. The van der Waals surface area contributed by atoms with E-state index < -0.39 is 0 Å². The zero-order valence-electron chi connectivity index (χ0n) is 9.16. The van der Waals surface area contributed by atoms with Gasteiger partial charge in [-0.3, -0.25) is 0 Å². The summed E-state index contributed by atoms with van der Waals surface area (Å²) >= 11 is 5.36. The van der Waals surface area contributed by atoms with Crippen LogP contribution < -0.4 is 0 Å². The molecule has 1 heterocycles. The van der Waals surface area contributed by atoms with Gasteiger partial charge in [0.25, 0.3) is 0 Å². The molecule has 2 radical (unpaired) electrons. The third-order valence-corrected chi connectivity index (χ3v) is 4.31. The zero-order chi connectivity index (χ0) is 10.5. The van der Waals surface area contributed by atoms with Gasteiger partial charge < -0.3 is 9.80 Å². The number of nitrogens with zero attached hydrogens (tertiary/aromatic N) is 2. The van der Waals surface area contributed by atoms with Crippen LogP contribution in [-0.2, 0) is 0 Å². The molecule has 76 valence electrons. The van der Waals surface area contributed by atoms with E-state index in [2.05, 4.69) is 30.8 Å². The summed E-state index contributed by atoms with van der Waals surface area (Å²) in [4.78, 5) is 4.44. The van der Waals surface area contributed by atoms with Crippen LogP contribution in [0.2, 0.25) is 5.31 Å². The quantitative estimate of drug-likeness (QED) is 0.439. The minimum absolute atomic E-state index is 0.00375. The van der Waals surface area contributed by atoms with Crippen molar-refractivity contribution < 1.29 is 0 Å². The highest BCUT2D eigenvalue weighted by atomic mass is 32.1. The molecule has 0 spiro atoms. The van der Waals surface area contributed by atoms with E-state index in [-0.39, 0.29) is 5.31 Å². The van der Waals surface area contributed by atoms with E-state index in [1.807, 2.05) is 0 Å². The van der Waals surface area contributed by atoms with Crippen molar-refractivity contribution in [2.75, 3.05) is 14.1 Å². The van der Waals surface area contributed by atoms with E-state index in [0.29, 0.717) is 12.1 Å². The minimum Gasteiger partial charge on any atom is -0.347 e. The molecule has 0 N–H and O–H groups in total. The van der Waals surface area contributed by atoms with E-state index in [4.69, 9.17) is 20.1 Å². The second-order valence-corrected chi connectivity index (χ2v) is 5.40. The van der Waals surface area contributed by atoms with Crippen molar-refractivity contribution in [1.82, 2.24) is 9.80 Å². The minimum atomic E-state index is -0.00375. The standard InChI is InChI=1S/C10H17BN2S/c1-10(11)5-4-7-8(6-10)13(3)9(14)12(7)2/h7-8H,4-6H2,1-3H3. The Morgan fingerprint density at radius 2 is 1.93 bits per heavy atom. The summed E-state index contributed by atoms with van der Waals surface area (Å²) in [6.45, 7) is 2.15. The molecule has 0 aromatic heterocycles. The van der Waals surface area contributed by atoms with Crippen LogP contribution in [0.4, 0.5) is 0 Å². The fourth-order valence-electron chi connectivity index (χ4n) is 2.77. The Labute approximate surface area is 93.0 Å². The number of fused-ring (bicyclic) bond motifs is 1. The normalized spacial score (nSPS) is 42.9. The molecule has 14 heavy (non-hydrogen) atoms. The molecule has 1 aliphatic carbocycles. The maximum Gasteiger partial charge on any atom is 0.171 e. The van der Waals surface area contributed by atoms with Crippen molar-refractivity contribution in [1.29, 1.82) is 0 Å². The van der Waals surface area contributed by atoms with E-state index in [0.717, 1.165) is 18.0 Å². The Kier molecular flexibility index (Phi) is 2.29. The predicted octanol–water partition coefficient (Wildman–Crippen LogP) is 1.42. The molecule has 1 aliphatic heterocycles. The van der Waals surface area contributed by atoms with Gasteiger partial charge >= 0.3 is 0 Å². The van der Waals surface area contributed by atoms with Crippen molar-refractivity contribution in [2.45, 2.75) is 43.6 Å². The fraction of sp³-hybridized carbons (Fsp3) is 0.900. The van der Waals surface area contributed by atoms with Gasteiger partial charge in [-0.05, 0) is 25.1 Å². The van der Waals surface area contributed by atoms with Crippen LogP contribution in [0.3, 0.4) is 0 Å². The van der Waals surface area contributed by atoms with E-state index in [1.54, 1.807) is 0 Å². The first-order chi connectivity index (χ1) is 6.42. The Morgan fingerprint density at radius 3 is 2.57 bits per heavy atom. The molecule has 0 aromatic rings. The second kappa shape index (κ2) is 3.12. The summed E-state index contributed by atoms with van der Waals surface area (Å²) in [6, 6.07) is 1.11. The lowest BCUT2D eigenvalue weighted by Gasteiger charge is -2.40. The summed E-state index contributed by atoms with van der Waals surface area (Å²) in [5, 5.41) is 0.966. The van der Waals surface area contributed by atoms with Crippen molar-refractivity contribution in [3.05, 3.63) is 0 Å². The lowest BCUT2D eigenvalue weighted by Crippen LogP contribution is -2.42. The van der Waals surface area contributed by atoms with Gasteiger partial charge in [-0.25, -0.2) is 0 Å². The summed E-state index contributed by atoms with van der Waals surface area (Å²) in [7, 11) is 10.4. The highest BCUT2D eigenvalue weighted by molar-refractivity contribution is 7.80. The molecule has 0 aromatic carbocycles. The summed E-state index contributed by atoms with van der Waals surface area (Å²) < 4.78 is 0. The van der Waals surface area contributed by atoms with Crippen LogP contribution in [0.25, 0.3) is 0 Å². The van der Waals surface area contributed by atoms with Crippen molar-refractivity contribution in [3.8, 4) is 0 Å². The average Bonchev–Trinajstić information content (AvgIpc) is 2.30. The SMILES string of the molecule is [B]C1(C)CCC2C(C1)N(C)C(=S)N2C. The average molecular weight is 208 g/mol. The Morgan fingerprint density at radius 1 is 1.36 bits per heavy atom. The topological polar surface area (TPSA) is 6.48 Å². The Bertz CT molecular complexity index is 267. The molecule has 4 heteroatoms. The van der Waals surface area contributed by atoms with Gasteiger partial charge in [-0.2, -0.15) is 0 Å². The molecule has 2 aliphatic rings. The molecule has 3 atom stereocenters. The lowest BCUT2D eigenvalue weighted by molar-refractivity contribution is 0.201. The maximum absolute atomic E-state index is 6.20. The molecule has 2 fully saturated rings. The van der Waals surface area contributed by atoms with Crippen LogP contribution in [0.5, 0.6) is 0 Å². The predicted molar refractivity (Wildman–Crippen MR) is 63.7 cm³/mol. The van der Waals surface area contributed by atoms with Crippen LogP contribution in [0.15, 0.2) is 0 Å². The number of rotatable bonds is 0. The highest BCUT2D eigenvalue weighted by Crippen LogP contribution is 2.44. The van der Waals surface area contributed by atoms with Crippen LogP contribution in [0.1, 0.15) is 26.2 Å². The fourth-order valence-corrected chi connectivity index (χ4v) is 3.04. The van der Waals surface area contributed by atoms with Crippen LogP contribution in [-0.4, -0.2) is 48.9 Å². The van der Waals surface area contributed by atoms with Crippen LogP contribution >= 0.6 is 12.2 Å². The Hall–Kier alpha value is -0.245. The van der Waals surface area contributed by atoms with Crippen molar-refractivity contribution in [2.24, 2.45) is 0 Å². The molecule has 2 nitrogen and oxygen atoms in total. The highest BCUT2D eigenvalue weighted by Gasteiger charge is 2.44. The maximum atomic E-state index is 6.20. The molecule has 0 bridgehead atoms. The molecule has 1 saturated carbocycles. The van der Waals surface area contributed by atoms with Crippen LogP contribution in [0, 0.1) is 0 Å². The number of likely N-dealkylation sites (N-methyl/N-ethyl adjacent to an activating group) is 2. The lowest BCUT2D eigenvalue weighted by atomic mass is 9.59. The van der Waals surface area contributed by atoms with Gasteiger partial charge in [0.2, 0.25) is 0 Å². The van der Waals surface area contributed by atoms with Gasteiger partial charge in [-0.1, -0.05) is 18.7 Å². The van der Waals surface area contributed by atoms with Gasteiger partial charge in [-0.15, -0.1) is 0 Å². The van der Waals surface area contributed by atoms with Crippen molar-refractivity contribution >= 4 is 25.2 Å².